The molecule has 1 heterocycles. The number of nitrogens with two attached hydrogens (primary N) is 1. The molecule has 0 saturated carbocycles. The van der Waals surface area contributed by atoms with Gasteiger partial charge in [0.2, 0.25) is 10.0 Å². The molecular weight excluding hydrogens is 378 g/mol. The molecule has 0 aliphatic carbocycles. The molecular formula is C17H14ClN3O4S. The number of rotatable bonds is 5. The maximum atomic E-state index is 11.4. The highest BCUT2D eigenvalue weighted by molar-refractivity contribution is 7.89. The number of primary sulfonamides is 1. The predicted molar refractivity (Wildman–Crippen MR) is 96.7 cm³/mol. The van der Waals surface area contributed by atoms with Crippen molar-refractivity contribution in [3.63, 3.8) is 0 Å². The fourth-order valence-corrected chi connectivity index (χ4v) is 3.11. The van der Waals surface area contributed by atoms with Gasteiger partial charge >= 0.3 is 5.97 Å². The quantitative estimate of drug-likeness (QED) is 0.693. The summed E-state index contributed by atoms with van der Waals surface area (Å²) in [6.45, 7) is 0. The van der Waals surface area contributed by atoms with Gasteiger partial charge in [0.25, 0.3) is 0 Å². The highest BCUT2D eigenvalue weighted by Gasteiger charge is 2.15. The van der Waals surface area contributed by atoms with Gasteiger partial charge in [-0.05, 0) is 42.5 Å². The van der Waals surface area contributed by atoms with Gasteiger partial charge in [-0.15, -0.1) is 0 Å². The predicted octanol–water partition coefficient (Wildman–Crippen LogP) is 2.47. The molecule has 0 atom stereocenters. The van der Waals surface area contributed by atoms with Gasteiger partial charge in [0.05, 0.1) is 28.4 Å². The van der Waals surface area contributed by atoms with Crippen LogP contribution in [-0.2, 0) is 21.2 Å². The first-order valence-corrected chi connectivity index (χ1v) is 9.36. The van der Waals surface area contributed by atoms with Crippen molar-refractivity contribution in [3.05, 3.63) is 65.3 Å². The molecule has 1 aromatic heterocycles. The first kappa shape index (κ1) is 18.1. The SMILES string of the molecule is NS(=O)(=O)c1ccc(-n2nc(CC(=O)O)cc2-c2ccc(Cl)cc2)cc1. The van der Waals surface area contributed by atoms with E-state index in [0.717, 1.165) is 5.56 Å². The fourth-order valence-electron chi connectivity index (χ4n) is 2.47. The molecule has 2 aromatic carbocycles. The number of hydrogen-bond acceptors (Lipinski definition) is 4. The van der Waals surface area contributed by atoms with E-state index in [-0.39, 0.29) is 11.3 Å². The molecule has 3 rings (SSSR count). The summed E-state index contributed by atoms with van der Waals surface area (Å²) in [4.78, 5) is 11.0. The zero-order valence-corrected chi connectivity index (χ0v) is 14.9. The Labute approximate surface area is 154 Å². The van der Waals surface area contributed by atoms with Crippen molar-refractivity contribution < 1.29 is 18.3 Å². The van der Waals surface area contributed by atoms with Crippen molar-refractivity contribution in [2.75, 3.05) is 0 Å². The zero-order chi connectivity index (χ0) is 18.9. The van der Waals surface area contributed by atoms with E-state index < -0.39 is 16.0 Å². The molecule has 0 spiro atoms. The Kier molecular flexibility index (Phi) is 4.82. The molecule has 134 valence electrons. The van der Waals surface area contributed by atoms with E-state index in [1.165, 1.54) is 12.1 Å². The van der Waals surface area contributed by atoms with Gasteiger partial charge in [0.15, 0.2) is 0 Å². The molecule has 3 aromatic rings. The first-order valence-electron chi connectivity index (χ1n) is 7.44. The topological polar surface area (TPSA) is 115 Å². The number of aliphatic carboxylic acids is 1. The molecule has 26 heavy (non-hydrogen) atoms. The largest absolute Gasteiger partial charge is 0.481 e. The van der Waals surface area contributed by atoms with Crippen LogP contribution in [0.25, 0.3) is 16.9 Å². The third kappa shape index (κ3) is 3.93. The maximum absolute atomic E-state index is 11.4. The monoisotopic (exact) mass is 391 g/mol. The van der Waals surface area contributed by atoms with E-state index in [1.807, 2.05) is 0 Å². The minimum absolute atomic E-state index is 0.0211. The van der Waals surface area contributed by atoms with Crippen molar-refractivity contribution in [1.29, 1.82) is 0 Å². The summed E-state index contributed by atoms with van der Waals surface area (Å²) in [5, 5.41) is 19.0. The van der Waals surface area contributed by atoms with E-state index >= 15 is 0 Å². The Morgan fingerprint density at radius 2 is 1.73 bits per heavy atom. The van der Waals surface area contributed by atoms with E-state index in [9.17, 15) is 13.2 Å². The number of benzene rings is 2. The van der Waals surface area contributed by atoms with Gasteiger partial charge in [-0.1, -0.05) is 23.7 Å². The van der Waals surface area contributed by atoms with Crippen LogP contribution in [0.4, 0.5) is 0 Å². The number of carbonyl (C=O) groups is 1. The summed E-state index contributed by atoms with van der Waals surface area (Å²) < 4.78 is 24.4. The number of carboxylic acids is 1. The third-order valence-electron chi connectivity index (χ3n) is 3.64. The second kappa shape index (κ2) is 6.91. The Bertz CT molecular complexity index is 1060. The Balaban J connectivity index is 2.11. The van der Waals surface area contributed by atoms with Crippen molar-refractivity contribution in [2.45, 2.75) is 11.3 Å². The summed E-state index contributed by atoms with van der Waals surface area (Å²) >= 11 is 5.92. The second-order valence-electron chi connectivity index (χ2n) is 5.55. The lowest BCUT2D eigenvalue weighted by Gasteiger charge is -2.08. The summed E-state index contributed by atoms with van der Waals surface area (Å²) in [6.07, 6.45) is -0.233. The van der Waals surface area contributed by atoms with E-state index in [2.05, 4.69) is 5.10 Å². The standard InChI is InChI=1S/C17H14ClN3O4S/c18-12-3-1-11(2-4-12)16-9-13(10-17(22)23)20-21(16)14-5-7-15(8-6-14)26(19,24)25/h1-9H,10H2,(H,22,23)(H2,19,24,25). The third-order valence-corrected chi connectivity index (χ3v) is 4.82. The molecule has 0 amide bonds. The molecule has 0 unspecified atom stereocenters. The molecule has 3 N–H and O–H groups in total. The molecule has 0 aliphatic rings. The summed E-state index contributed by atoms with van der Waals surface area (Å²) in [6, 6.07) is 14.5. The van der Waals surface area contributed by atoms with Gasteiger partial charge in [-0.2, -0.15) is 5.10 Å². The van der Waals surface area contributed by atoms with Crippen molar-refractivity contribution in [3.8, 4) is 16.9 Å². The summed E-state index contributed by atoms with van der Waals surface area (Å²) in [5.74, 6) is -0.998. The van der Waals surface area contributed by atoms with Crippen molar-refractivity contribution in [1.82, 2.24) is 9.78 Å². The number of halogens is 1. The van der Waals surface area contributed by atoms with Crippen molar-refractivity contribution >= 4 is 27.6 Å². The molecule has 0 saturated heterocycles. The number of nitrogens with zero attached hydrogens (tertiary/aromatic N) is 2. The molecule has 9 heteroatoms. The van der Waals surface area contributed by atoms with Gasteiger partial charge in [0.1, 0.15) is 0 Å². The van der Waals surface area contributed by atoms with Crippen LogP contribution in [0.1, 0.15) is 5.69 Å². The Morgan fingerprint density at radius 1 is 1.12 bits per heavy atom. The maximum Gasteiger partial charge on any atom is 0.309 e. The van der Waals surface area contributed by atoms with Crippen LogP contribution >= 0.6 is 11.6 Å². The Morgan fingerprint density at radius 3 is 2.27 bits per heavy atom. The van der Waals surface area contributed by atoms with Crippen LogP contribution in [-0.4, -0.2) is 29.3 Å². The normalized spacial score (nSPS) is 11.5. The average molecular weight is 392 g/mol. The number of hydrogen-bond donors (Lipinski definition) is 2. The lowest BCUT2D eigenvalue weighted by molar-refractivity contribution is -0.136. The van der Waals surface area contributed by atoms with Gasteiger partial charge in [0, 0.05) is 10.6 Å². The fraction of sp³-hybridized carbons (Fsp3) is 0.0588. The Hall–Kier alpha value is -2.68. The van der Waals surface area contributed by atoms with Crippen molar-refractivity contribution in [2.24, 2.45) is 5.14 Å². The molecule has 0 radical (unpaired) electrons. The van der Waals surface area contributed by atoms with Crippen LogP contribution in [0.15, 0.2) is 59.5 Å². The first-order chi connectivity index (χ1) is 12.2. The number of carboxylic acid groups (broad SMARTS) is 1. The van der Waals surface area contributed by atoms with Gasteiger partial charge in [-0.25, -0.2) is 18.2 Å². The van der Waals surface area contributed by atoms with E-state index in [4.69, 9.17) is 21.8 Å². The van der Waals surface area contributed by atoms with Gasteiger partial charge in [-0.3, -0.25) is 4.79 Å². The van der Waals surface area contributed by atoms with Crippen LogP contribution < -0.4 is 5.14 Å². The highest BCUT2D eigenvalue weighted by atomic mass is 35.5. The number of sulfonamides is 1. The van der Waals surface area contributed by atoms with E-state index in [0.29, 0.717) is 22.1 Å². The second-order valence-corrected chi connectivity index (χ2v) is 7.55. The molecule has 7 nitrogen and oxygen atoms in total. The molecule has 0 fully saturated rings. The lowest BCUT2D eigenvalue weighted by Crippen LogP contribution is -2.12. The molecule has 0 bridgehead atoms. The minimum atomic E-state index is -3.80. The van der Waals surface area contributed by atoms with Crippen LogP contribution in [0.5, 0.6) is 0 Å². The zero-order valence-electron chi connectivity index (χ0n) is 13.3. The summed E-state index contributed by atoms with van der Waals surface area (Å²) in [5.41, 5.74) is 2.38. The average Bonchev–Trinajstić information content (AvgIpc) is 2.98. The van der Waals surface area contributed by atoms with Gasteiger partial charge < -0.3 is 5.11 Å². The van der Waals surface area contributed by atoms with Crippen LogP contribution in [0.2, 0.25) is 5.02 Å². The smallest absolute Gasteiger partial charge is 0.309 e. The van der Waals surface area contributed by atoms with E-state index in [1.54, 1.807) is 47.1 Å². The van der Waals surface area contributed by atoms with Crippen LogP contribution in [0, 0.1) is 0 Å². The molecule has 0 aliphatic heterocycles. The minimum Gasteiger partial charge on any atom is -0.481 e. The number of aromatic nitrogens is 2. The summed E-state index contributed by atoms with van der Waals surface area (Å²) in [7, 11) is -3.80. The lowest BCUT2D eigenvalue weighted by atomic mass is 10.1. The highest BCUT2D eigenvalue weighted by Crippen LogP contribution is 2.26. The van der Waals surface area contributed by atoms with Crippen LogP contribution in [0.3, 0.4) is 0 Å².